The molecule has 0 aromatic rings. The topological polar surface area (TPSA) is 55.1 Å². The zero-order chi connectivity index (χ0) is 12.3. The Labute approximate surface area is 105 Å². The quantitative estimate of drug-likeness (QED) is 0.790. The van der Waals surface area contributed by atoms with E-state index in [1.807, 2.05) is 0 Å². The first kappa shape index (κ1) is 12.9. The van der Waals surface area contributed by atoms with Gasteiger partial charge in [0.1, 0.15) is 0 Å². The van der Waals surface area contributed by atoms with Crippen LogP contribution < -0.4 is 11.1 Å². The molecule has 0 aliphatic heterocycles. The molecule has 0 radical (unpaired) electrons. The van der Waals surface area contributed by atoms with Crippen LogP contribution >= 0.6 is 0 Å². The molecule has 3 heteroatoms. The van der Waals surface area contributed by atoms with Crippen molar-refractivity contribution in [2.24, 2.45) is 11.7 Å². The largest absolute Gasteiger partial charge is 0.351 e. The van der Waals surface area contributed by atoms with Crippen molar-refractivity contribution in [3.63, 3.8) is 0 Å². The zero-order valence-electron chi connectivity index (χ0n) is 11.0. The van der Waals surface area contributed by atoms with Crippen LogP contribution in [0.25, 0.3) is 0 Å². The van der Waals surface area contributed by atoms with Crippen molar-refractivity contribution in [2.45, 2.75) is 76.3 Å². The van der Waals surface area contributed by atoms with Crippen LogP contribution in [-0.4, -0.2) is 17.5 Å². The number of nitrogens with two attached hydrogens (primary N) is 1. The summed E-state index contributed by atoms with van der Waals surface area (Å²) >= 11 is 0. The van der Waals surface area contributed by atoms with Gasteiger partial charge < -0.3 is 11.1 Å². The monoisotopic (exact) mass is 238 g/mol. The summed E-state index contributed by atoms with van der Waals surface area (Å²) in [4.78, 5) is 12.0. The van der Waals surface area contributed by atoms with Crippen LogP contribution in [0.1, 0.15) is 64.7 Å². The fraction of sp³-hybridized carbons (Fsp3) is 0.929. The number of rotatable bonds is 4. The summed E-state index contributed by atoms with van der Waals surface area (Å²) in [6, 6.07) is 0.378. The van der Waals surface area contributed by atoms with E-state index in [1.165, 1.54) is 19.3 Å². The van der Waals surface area contributed by atoms with E-state index in [0.29, 0.717) is 18.4 Å². The third-order valence-corrected chi connectivity index (χ3v) is 4.76. The SMILES string of the molecule is CCC1(NC(=O)CC2CCC(N)CC2)CCC1. The van der Waals surface area contributed by atoms with Crippen LogP contribution in [0.2, 0.25) is 0 Å². The van der Waals surface area contributed by atoms with E-state index in [9.17, 15) is 4.79 Å². The molecule has 0 bridgehead atoms. The summed E-state index contributed by atoms with van der Waals surface area (Å²) in [7, 11) is 0. The highest BCUT2D eigenvalue weighted by molar-refractivity contribution is 5.77. The van der Waals surface area contributed by atoms with Gasteiger partial charge in [0.15, 0.2) is 0 Å². The summed E-state index contributed by atoms with van der Waals surface area (Å²) in [5.74, 6) is 0.843. The van der Waals surface area contributed by atoms with Gasteiger partial charge in [-0.3, -0.25) is 4.79 Å². The van der Waals surface area contributed by atoms with Gasteiger partial charge in [0, 0.05) is 18.0 Å². The Bertz CT molecular complexity index is 260. The Morgan fingerprint density at radius 2 is 1.94 bits per heavy atom. The van der Waals surface area contributed by atoms with Crippen molar-refractivity contribution in [3.8, 4) is 0 Å². The predicted octanol–water partition coefficient (Wildman–Crippen LogP) is 2.34. The van der Waals surface area contributed by atoms with Crippen molar-refractivity contribution in [1.29, 1.82) is 0 Å². The van der Waals surface area contributed by atoms with E-state index in [2.05, 4.69) is 12.2 Å². The van der Waals surface area contributed by atoms with Gasteiger partial charge in [0.2, 0.25) is 5.91 Å². The molecule has 0 aromatic carbocycles. The molecule has 1 amide bonds. The van der Waals surface area contributed by atoms with E-state index >= 15 is 0 Å². The zero-order valence-corrected chi connectivity index (χ0v) is 11.0. The Hall–Kier alpha value is -0.570. The van der Waals surface area contributed by atoms with Gasteiger partial charge in [-0.25, -0.2) is 0 Å². The van der Waals surface area contributed by atoms with Gasteiger partial charge in [-0.2, -0.15) is 0 Å². The minimum atomic E-state index is 0.155. The predicted molar refractivity (Wildman–Crippen MR) is 69.6 cm³/mol. The standard InChI is InChI=1S/C14H26N2O/c1-2-14(8-3-9-14)16-13(17)10-11-4-6-12(15)7-5-11/h11-12H,2-10,15H2,1H3,(H,16,17). The van der Waals surface area contributed by atoms with Crippen molar-refractivity contribution in [3.05, 3.63) is 0 Å². The number of carbonyl (C=O) groups is 1. The Morgan fingerprint density at radius 3 is 2.41 bits per heavy atom. The van der Waals surface area contributed by atoms with Gasteiger partial charge in [0.05, 0.1) is 0 Å². The highest BCUT2D eigenvalue weighted by Gasteiger charge is 2.36. The van der Waals surface area contributed by atoms with E-state index in [-0.39, 0.29) is 11.4 Å². The van der Waals surface area contributed by atoms with Gasteiger partial charge >= 0.3 is 0 Å². The molecule has 0 atom stereocenters. The van der Waals surface area contributed by atoms with E-state index in [4.69, 9.17) is 5.73 Å². The first-order valence-electron chi connectivity index (χ1n) is 7.20. The second kappa shape index (κ2) is 5.38. The lowest BCUT2D eigenvalue weighted by atomic mass is 9.74. The molecule has 0 unspecified atom stereocenters. The average Bonchev–Trinajstić information content (AvgIpc) is 2.27. The first-order chi connectivity index (χ1) is 8.13. The molecule has 3 nitrogen and oxygen atoms in total. The maximum absolute atomic E-state index is 12.0. The molecule has 0 saturated heterocycles. The number of amides is 1. The summed E-state index contributed by atoms with van der Waals surface area (Å²) in [5, 5.41) is 3.27. The molecular weight excluding hydrogens is 212 g/mol. The smallest absolute Gasteiger partial charge is 0.220 e. The maximum Gasteiger partial charge on any atom is 0.220 e. The fourth-order valence-electron chi connectivity index (χ4n) is 3.17. The molecular formula is C14H26N2O. The summed E-state index contributed by atoms with van der Waals surface area (Å²) < 4.78 is 0. The molecule has 2 saturated carbocycles. The van der Waals surface area contributed by atoms with E-state index in [1.54, 1.807) is 0 Å². The molecule has 2 aliphatic rings. The van der Waals surface area contributed by atoms with Crippen molar-refractivity contribution >= 4 is 5.91 Å². The molecule has 98 valence electrons. The maximum atomic E-state index is 12.0. The molecule has 2 aliphatic carbocycles. The van der Waals surface area contributed by atoms with Crippen LogP contribution in [0, 0.1) is 5.92 Å². The van der Waals surface area contributed by atoms with Crippen LogP contribution in [0.5, 0.6) is 0 Å². The molecule has 0 aromatic heterocycles. The van der Waals surface area contributed by atoms with Gasteiger partial charge in [-0.1, -0.05) is 6.92 Å². The highest BCUT2D eigenvalue weighted by Crippen LogP contribution is 2.35. The first-order valence-corrected chi connectivity index (χ1v) is 7.20. The van der Waals surface area contributed by atoms with E-state index < -0.39 is 0 Å². The second-order valence-electron chi connectivity index (χ2n) is 6.02. The molecule has 2 rings (SSSR count). The third kappa shape index (κ3) is 3.21. The normalized spacial score (nSPS) is 31.6. The number of hydrogen-bond acceptors (Lipinski definition) is 2. The van der Waals surface area contributed by atoms with Crippen LogP contribution in [0.4, 0.5) is 0 Å². The lowest BCUT2D eigenvalue weighted by molar-refractivity contribution is -0.125. The lowest BCUT2D eigenvalue weighted by Crippen LogP contribution is -2.53. The van der Waals surface area contributed by atoms with Crippen molar-refractivity contribution in [1.82, 2.24) is 5.32 Å². The van der Waals surface area contributed by atoms with Crippen LogP contribution in [0.3, 0.4) is 0 Å². The highest BCUT2D eigenvalue weighted by atomic mass is 16.1. The lowest BCUT2D eigenvalue weighted by Gasteiger charge is -2.42. The number of carbonyl (C=O) groups excluding carboxylic acids is 1. The third-order valence-electron chi connectivity index (χ3n) is 4.76. The van der Waals surface area contributed by atoms with Gasteiger partial charge in [-0.05, 0) is 57.3 Å². The Kier molecular flexibility index (Phi) is 4.08. The second-order valence-corrected chi connectivity index (χ2v) is 6.02. The summed E-state index contributed by atoms with van der Waals surface area (Å²) in [5.41, 5.74) is 6.04. The summed E-state index contributed by atoms with van der Waals surface area (Å²) in [6.07, 6.45) is 9.86. The van der Waals surface area contributed by atoms with Crippen molar-refractivity contribution in [2.75, 3.05) is 0 Å². The van der Waals surface area contributed by atoms with Gasteiger partial charge in [0.25, 0.3) is 0 Å². The summed E-state index contributed by atoms with van der Waals surface area (Å²) in [6.45, 7) is 2.18. The minimum Gasteiger partial charge on any atom is -0.351 e. The number of hydrogen-bond donors (Lipinski definition) is 2. The molecule has 0 spiro atoms. The van der Waals surface area contributed by atoms with Gasteiger partial charge in [-0.15, -0.1) is 0 Å². The van der Waals surface area contributed by atoms with E-state index in [0.717, 1.165) is 32.1 Å². The molecule has 2 fully saturated rings. The fourth-order valence-corrected chi connectivity index (χ4v) is 3.17. The number of nitrogens with one attached hydrogen (secondary N) is 1. The molecule has 0 heterocycles. The Morgan fingerprint density at radius 1 is 1.29 bits per heavy atom. The van der Waals surface area contributed by atoms with Crippen LogP contribution in [-0.2, 0) is 4.79 Å². The van der Waals surface area contributed by atoms with Crippen LogP contribution in [0.15, 0.2) is 0 Å². The average molecular weight is 238 g/mol. The molecule has 17 heavy (non-hydrogen) atoms. The Balaban J connectivity index is 1.73. The molecule has 3 N–H and O–H groups in total. The van der Waals surface area contributed by atoms with Crippen molar-refractivity contribution < 1.29 is 4.79 Å². The minimum absolute atomic E-state index is 0.155.